The zero-order valence-corrected chi connectivity index (χ0v) is 7.06. The molecule has 0 aliphatic rings. The summed E-state index contributed by atoms with van der Waals surface area (Å²) < 4.78 is 0. The first-order chi connectivity index (χ1) is 3.80. The molecule has 0 atom stereocenters. The summed E-state index contributed by atoms with van der Waals surface area (Å²) in [5.41, 5.74) is 0. The molecule has 0 aliphatic carbocycles. The van der Waals surface area contributed by atoms with Gasteiger partial charge in [-0.2, -0.15) is 9.79 Å². The van der Waals surface area contributed by atoms with Crippen molar-refractivity contribution in [2.45, 2.75) is 9.79 Å². The number of rotatable bonds is 0. The van der Waals surface area contributed by atoms with Crippen molar-refractivity contribution in [3.63, 3.8) is 0 Å². The van der Waals surface area contributed by atoms with Crippen LogP contribution in [0.15, 0.2) is 34.1 Å². The van der Waals surface area contributed by atoms with Gasteiger partial charge >= 0.3 is 16.5 Å². The first kappa shape index (κ1) is 9.15. The summed E-state index contributed by atoms with van der Waals surface area (Å²) in [5.74, 6) is 0. The Balaban J connectivity index is 0.000000640. The smallest absolute Gasteiger partial charge is 0.781 e. The van der Waals surface area contributed by atoms with E-state index < -0.39 is 0 Å². The molecule has 0 unspecified atom stereocenters. The largest absolute Gasteiger partial charge is 2.00 e. The third kappa shape index (κ3) is 2.48. The second-order valence-electron chi connectivity index (χ2n) is 1.45. The summed E-state index contributed by atoms with van der Waals surface area (Å²) in [6, 6.07) is 7.44. The van der Waals surface area contributed by atoms with E-state index in [1.54, 1.807) is 0 Å². The second-order valence-corrected chi connectivity index (χ2v) is 2.33. The van der Waals surface area contributed by atoms with Gasteiger partial charge in [-0.1, -0.05) is 24.3 Å². The maximum atomic E-state index is 4.85. The Morgan fingerprint density at radius 1 is 0.889 bits per heavy atom. The van der Waals surface area contributed by atoms with E-state index in [9.17, 15) is 0 Å². The maximum Gasteiger partial charge on any atom is 2.00 e. The van der Waals surface area contributed by atoms with Crippen LogP contribution < -0.4 is 0 Å². The zero-order chi connectivity index (χ0) is 5.98. The molecule has 3 heteroatoms. The van der Waals surface area contributed by atoms with E-state index in [-0.39, 0.29) is 16.5 Å². The molecule has 0 fully saturated rings. The fourth-order valence-corrected chi connectivity index (χ4v) is 0.743. The molecule has 0 N–H and O–H groups in total. The molecule has 1 aromatic rings. The Morgan fingerprint density at radius 3 is 1.44 bits per heavy atom. The van der Waals surface area contributed by atoms with Gasteiger partial charge in [0.2, 0.25) is 0 Å². The van der Waals surface area contributed by atoms with E-state index in [0.717, 1.165) is 9.79 Å². The molecule has 0 radical (unpaired) electrons. The number of hydrogen-bond acceptors (Lipinski definition) is 2. The molecule has 0 heterocycles. The maximum absolute atomic E-state index is 4.85. The summed E-state index contributed by atoms with van der Waals surface area (Å²) in [5, 5.41) is 0. The SMILES string of the molecule is [Ni+2].[S-]c1ccccc1[S-]. The van der Waals surface area contributed by atoms with E-state index in [2.05, 4.69) is 0 Å². The fraction of sp³-hybridized carbons (Fsp3) is 0. The van der Waals surface area contributed by atoms with E-state index in [4.69, 9.17) is 25.3 Å². The molecular weight excluding hydrogens is 195 g/mol. The van der Waals surface area contributed by atoms with Crippen molar-refractivity contribution in [1.82, 2.24) is 0 Å². The predicted octanol–water partition coefficient (Wildman–Crippen LogP) is 1.50. The van der Waals surface area contributed by atoms with Gasteiger partial charge < -0.3 is 25.3 Å². The Hall–Kier alpha value is 0.154. The first-order valence-corrected chi connectivity index (χ1v) is 3.05. The summed E-state index contributed by atoms with van der Waals surface area (Å²) in [7, 11) is 0. The van der Waals surface area contributed by atoms with Crippen LogP contribution in [0.5, 0.6) is 0 Å². The van der Waals surface area contributed by atoms with Gasteiger partial charge in [0.05, 0.1) is 0 Å². The molecule has 1 aromatic carbocycles. The molecule has 0 amide bonds. The normalized spacial score (nSPS) is 8.00. The van der Waals surface area contributed by atoms with Crippen LogP contribution in [0.3, 0.4) is 0 Å². The summed E-state index contributed by atoms with van der Waals surface area (Å²) in [6.45, 7) is 0. The van der Waals surface area contributed by atoms with E-state index in [1.807, 2.05) is 24.3 Å². The Labute approximate surface area is 75.8 Å². The van der Waals surface area contributed by atoms with Crippen LogP contribution in [-0.4, -0.2) is 0 Å². The Morgan fingerprint density at radius 2 is 1.22 bits per heavy atom. The van der Waals surface area contributed by atoms with Crippen molar-refractivity contribution in [3.8, 4) is 0 Å². The number of hydrogen-bond donors (Lipinski definition) is 0. The summed E-state index contributed by atoms with van der Waals surface area (Å²) >= 11 is 9.70. The first-order valence-electron chi connectivity index (χ1n) is 2.24. The van der Waals surface area contributed by atoms with Crippen LogP contribution in [0.25, 0.3) is 0 Å². The minimum atomic E-state index is 0. The van der Waals surface area contributed by atoms with Crippen molar-refractivity contribution in [1.29, 1.82) is 0 Å². The standard InChI is InChI=1S/C6H6S2.Ni/c7-5-3-1-2-4-6(5)8;/h1-4,7-8H;/q;+2/p-2. The van der Waals surface area contributed by atoms with Gasteiger partial charge in [0, 0.05) is 0 Å². The molecule has 0 saturated carbocycles. The molecule has 0 saturated heterocycles. The molecule has 1 rings (SSSR count). The van der Waals surface area contributed by atoms with Crippen molar-refractivity contribution >= 4 is 25.3 Å². The molecule has 9 heavy (non-hydrogen) atoms. The van der Waals surface area contributed by atoms with Crippen LogP contribution in [0, 0.1) is 0 Å². The van der Waals surface area contributed by atoms with Gasteiger partial charge in [-0.25, -0.2) is 0 Å². The van der Waals surface area contributed by atoms with Gasteiger partial charge in [0.15, 0.2) is 0 Å². The average molecular weight is 199 g/mol. The predicted molar refractivity (Wildman–Crippen MR) is 37.7 cm³/mol. The average Bonchev–Trinajstić information content (AvgIpc) is 1.77. The Kier molecular flexibility index (Phi) is 4.12. The minimum absolute atomic E-state index is 0. The third-order valence-corrected chi connectivity index (χ3v) is 1.69. The van der Waals surface area contributed by atoms with Crippen LogP contribution in [-0.2, 0) is 41.7 Å². The third-order valence-electron chi connectivity index (χ3n) is 0.849. The summed E-state index contributed by atoms with van der Waals surface area (Å²) in [6.07, 6.45) is 0. The monoisotopic (exact) mass is 198 g/mol. The van der Waals surface area contributed by atoms with E-state index in [0.29, 0.717) is 0 Å². The van der Waals surface area contributed by atoms with Crippen molar-refractivity contribution in [2.75, 3.05) is 0 Å². The minimum Gasteiger partial charge on any atom is -0.781 e. The molecule has 0 nitrogen and oxygen atoms in total. The molecule has 0 bridgehead atoms. The summed E-state index contributed by atoms with van der Waals surface area (Å²) in [4.78, 5) is 1.53. The number of benzene rings is 1. The van der Waals surface area contributed by atoms with Gasteiger partial charge in [-0.15, -0.1) is 0 Å². The van der Waals surface area contributed by atoms with Crippen LogP contribution >= 0.6 is 0 Å². The van der Waals surface area contributed by atoms with Gasteiger partial charge in [0.1, 0.15) is 0 Å². The zero-order valence-electron chi connectivity index (χ0n) is 4.44. The van der Waals surface area contributed by atoms with Gasteiger partial charge in [0.25, 0.3) is 0 Å². The van der Waals surface area contributed by atoms with Crippen molar-refractivity contribution in [2.24, 2.45) is 0 Å². The van der Waals surface area contributed by atoms with Crippen molar-refractivity contribution < 1.29 is 16.5 Å². The quantitative estimate of drug-likeness (QED) is 0.458. The van der Waals surface area contributed by atoms with E-state index >= 15 is 0 Å². The fourth-order valence-electron chi connectivity index (χ4n) is 0.450. The van der Waals surface area contributed by atoms with Crippen molar-refractivity contribution in [3.05, 3.63) is 24.3 Å². The molecule has 0 aromatic heterocycles. The topological polar surface area (TPSA) is 0 Å². The molecule has 0 aliphatic heterocycles. The van der Waals surface area contributed by atoms with Crippen LogP contribution in [0.4, 0.5) is 0 Å². The second kappa shape index (κ2) is 4.05. The van der Waals surface area contributed by atoms with Crippen LogP contribution in [0.1, 0.15) is 0 Å². The molecule has 50 valence electrons. The Bertz CT molecular complexity index is 167. The molecule has 0 spiro atoms. The van der Waals surface area contributed by atoms with Gasteiger partial charge in [-0.3, -0.25) is 0 Å². The van der Waals surface area contributed by atoms with Crippen LogP contribution in [0.2, 0.25) is 0 Å². The van der Waals surface area contributed by atoms with Gasteiger partial charge in [-0.05, 0) is 0 Å². The molecular formula is C6H4NiS2. The van der Waals surface area contributed by atoms with E-state index in [1.165, 1.54) is 0 Å².